The van der Waals surface area contributed by atoms with Gasteiger partial charge in [0, 0.05) is 58.6 Å². The van der Waals surface area contributed by atoms with Gasteiger partial charge in [-0.3, -0.25) is 9.97 Å². The van der Waals surface area contributed by atoms with Crippen molar-refractivity contribution in [3.63, 3.8) is 0 Å². The average Bonchev–Trinajstić information content (AvgIpc) is 3.42. The van der Waals surface area contributed by atoms with E-state index in [2.05, 4.69) is 262 Å². The number of fused-ring (bicyclic) bond motifs is 2. The summed E-state index contributed by atoms with van der Waals surface area (Å²) >= 11 is 25.7. The molecule has 4 nitrogen and oxygen atoms in total. The van der Waals surface area contributed by atoms with Gasteiger partial charge in [-0.2, -0.15) is 43.7 Å². The van der Waals surface area contributed by atoms with Gasteiger partial charge in [0.2, 0.25) is 6.71 Å². The van der Waals surface area contributed by atoms with Crippen LogP contribution in [0.3, 0.4) is 0 Å². The van der Waals surface area contributed by atoms with E-state index in [0.29, 0.717) is 0 Å². The number of para-hydroxylation sites is 4. The van der Waals surface area contributed by atoms with Gasteiger partial charge < -0.3 is 15.7 Å². The molecule has 0 bridgehead atoms. The SMILES string of the molecule is Brc1cccc(B2c3ccccc3N(c3ccccc3)c3ccc(-c4ccccn4)cc32)c1.Brc1ccccc1N(c1ccccc1)c1ccc(-c2ccccn2)cc1Br.C[C-](C)C.ClB(Cl)c1cccc(Br)c1.[Li+]. The number of hydrogen-bond donors (Lipinski definition) is 0. The largest absolute Gasteiger partial charge is 1.00 e. The van der Waals surface area contributed by atoms with Crippen molar-refractivity contribution in [1.29, 1.82) is 0 Å². The summed E-state index contributed by atoms with van der Waals surface area (Å²) in [5.74, 6) is 1.42. The Morgan fingerprint density at radius 2 is 1.01 bits per heavy atom. The van der Waals surface area contributed by atoms with Crippen molar-refractivity contribution in [2.75, 3.05) is 9.80 Å². The molecular formula is C62H49B2Br4Cl2LiN4. The summed E-state index contributed by atoms with van der Waals surface area (Å²) in [5, 5.41) is 0. The van der Waals surface area contributed by atoms with Crippen molar-refractivity contribution in [1.82, 2.24) is 9.97 Å². The molecule has 0 saturated heterocycles. The molecule has 0 spiro atoms. The van der Waals surface area contributed by atoms with E-state index in [-0.39, 0.29) is 25.6 Å². The maximum absolute atomic E-state index is 5.62. The Hall–Kier alpha value is -5.11. The summed E-state index contributed by atoms with van der Waals surface area (Å²) in [6, 6.07) is 79.3. The molecule has 1 aliphatic rings. The zero-order chi connectivity index (χ0) is 52.0. The number of pyridine rings is 2. The Morgan fingerprint density at radius 1 is 0.480 bits per heavy atom. The fourth-order valence-electron chi connectivity index (χ4n) is 8.46. The Kier molecular flexibility index (Phi) is 21.7. The molecule has 0 amide bonds. The van der Waals surface area contributed by atoms with Crippen LogP contribution in [-0.4, -0.2) is 22.2 Å². The molecule has 13 heteroatoms. The number of nitrogens with zero attached hydrogens (tertiary/aromatic N) is 4. The molecule has 0 saturated carbocycles. The van der Waals surface area contributed by atoms with Crippen LogP contribution in [0.2, 0.25) is 0 Å². The second-order valence-electron chi connectivity index (χ2n) is 17.6. The molecule has 8 aromatic carbocycles. The summed E-state index contributed by atoms with van der Waals surface area (Å²) in [6.07, 6.45) is 3.67. The first-order chi connectivity index (χ1) is 36.0. The van der Waals surface area contributed by atoms with Crippen LogP contribution in [0.4, 0.5) is 34.1 Å². The Balaban J connectivity index is 0.000000175. The van der Waals surface area contributed by atoms with E-state index in [0.717, 1.165) is 68.6 Å². The number of hydrogen-bond acceptors (Lipinski definition) is 4. The summed E-state index contributed by atoms with van der Waals surface area (Å²) in [4.78, 5) is 13.7. The molecule has 0 radical (unpaired) electrons. The van der Waals surface area contributed by atoms with Crippen LogP contribution in [0, 0.1) is 5.92 Å². The van der Waals surface area contributed by atoms with E-state index in [1.807, 2.05) is 85.2 Å². The first-order valence-electron chi connectivity index (χ1n) is 23.8. The third kappa shape index (κ3) is 15.1. The van der Waals surface area contributed by atoms with E-state index < -0.39 is 5.54 Å². The van der Waals surface area contributed by atoms with Crippen molar-refractivity contribution in [2.24, 2.45) is 0 Å². The van der Waals surface area contributed by atoms with Gasteiger partial charge in [0.1, 0.15) is 0 Å². The average molecular weight is 1270 g/mol. The standard InChI is InChI=1S/C29H20BBrN2.C23H16Br2N2.C6H4BBrCl2.C4H9.Li/c31-23-10-8-9-22(20-23)30-25-13-4-5-15-28(25)33(24-11-2-1-3-12-24)29-17-16-21(19-26(29)30)27-14-6-7-18-32-27;24-19-10-4-5-12-22(19)27(18-8-2-1-3-9-18)23-14-13-17(16-20(23)25)21-11-6-7-15-26-21;8-6-3-1-2-5(4-6)7(9)10;1-4(2)3;/h1-20H;1-16H;1-4H;1-3H3;/q;;;-1;+1. The maximum atomic E-state index is 5.62. The summed E-state index contributed by atoms with van der Waals surface area (Å²) in [7, 11) is 0. The monoisotopic (exact) mass is 1260 g/mol. The third-order valence-electron chi connectivity index (χ3n) is 11.6. The van der Waals surface area contributed by atoms with Crippen LogP contribution in [0.1, 0.15) is 20.8 Å². The number of anilines is 6. The molecule has 0 unspecified atom stereocenters. The smallest absolute Gasteiger partial charge is 0.323 e. The fraction of sp³-hybridized carbons (Fsp3) is 0.0484. The normalized spacial score (nSPS) is 11.0. The van der Waals surface area contributed by atoms with Crippen LogP contribution < -0.4 is 50.5 Å². The molecule has 0 fully saturated rings. The molecule has 10 aromatic rings. The molecule has 2 aromatic heterocycles. The van der Waals surface area contributed by atoms with E-state index in [1.54, 1.807) is 0 Å². The van der Waals surface area contributed by atoms with E-state index >= 15 is 0 Å². The van der Waals surface area contributed by atoms with Gasteiger partial charge >= 0.3 is 24.4 Å². The van der Waals surface area contributed by atoms with Crippen molar-refractivity contribution >= 4 is 155 Å². The quantitative estimate of drug-likeness (QED) is 0.112. The molecule has 366 valence electrons. The van der Waals surface area contributed by atoms with Gasteiger partial charge in [-0.1, -0.05) is 171 Å². The predicted molar refractivity (Wildman–Crippen MR) is 334 cm³/mol. The summed E-state index contributed by atoms with van der Waals surface area (Å²) < 4.78 is 4.13. The summed E-state index contributed by atoms with van der Waals surface area (Å²) in [5.41, 5.74) is 15.3. The van der Waals surface area contributed by atoms with E-state index in [1.165, 1.54) is 33.7 Å². The molecular weight excluding hydrogens is 1220 g/mol. The number of rotatable bonds is 8. The van der Waals surface area contributed by atoms with E-state index in [4.69, 9.17) is 22.9 Å². The minimum Gasteiger partial charge on any atom is -0.323 e. The topological polar surface area (TPSA) is 32.3 Å². The van der Waals surface area contributed by atoms with Crippen molar-refractivity contribution < 1.29 is 18.9 Å². The van der Waals surface area contributed by atoms with Crippen LogP contribution in [0.25, 0.3) is 22.5 Å². The third-order valence-corrected chi connectivity index (χ3v) is 14.4. The molecule has 11 rings (SSSR count). The zero-order valence-corrected chi connectivity index (χ0v) is 49.7. The molecule has 75 heavy (non-hydrogen) atoms. The summed E-state index contributed by atoms with van der Waals surface area (Å²) in [6.45, 7) is 6.37. The first kappa shape index (κ1) is 57.6. The Labute approximate surface area is 498 Å². The number of halogens is 6. The van der Waals surface area contributed by atoms with Gasteiger partial charge in [0.25, 0.3) is 0 Å². The van der Waals surface area contributed by atoms with Gasteiger partial charge in [0.05, 0.1) is 22.8 Å². The predicted octanol–water partition coefficient (Wildman–Crippen LogP) is 14.8. The van der Waals surface area contributed by atoms with E-state index in [9.17, 15) is 0 Å². The molecule has 0 N–H and O–H groups in total. The van der Waals surface area contributed by atoms with Crippen molar-refractivity contribution in [2.45, 2.75) is 20.8 Å². The van der Waals surface area contributed by atoms with Crippen LogP contribution >= 0.6 is 86.6 Å². The van der Waals surface area contributed by atoms with Crippen LogP contribution in [0.15, 0.2) is 261 Å². The van der Waals surface area contributed by atoms with Gasteiger partial charge in [-0.15, -0.1) is 0 Å². The first-order valence-corrected chi connectivity index (χ1v) is 27.9. The minimum atomic E-state index is -0.433. The zero-order valence-electron chi connectivity index (χ0n) is 41.8. The van der Waals surface area contributed by atoms with Crippen molar-refractivity contribution in [3.8, 4) is 22.5 Å². The second kappa shape index (κ2) is 28.3. The van der Waals surface area contributed by atoms with Gasteiger partial charge in [-0.05, 0) is 151 Å². The Morgan fingerprint density at radius 3 is 1.60 bits per heavy atom. The fourth-order valence-corrected chi connectivity index (χ4v) is 10.6. The molecule has 3 heterocycles. The van der Waals surface area contributed by atoms with Crippen LogP contribution in [0.5, 0.6) is 0 Å². The van der Waals surface area contributed by atoms with Crippen LogP contribution in [-0.2, 0) is 0 Å². The molecule has 0 aliphatic carbocycles. The minimum absolute atomic E-state index is 0. The molecule has 1 aliphatic heterocycles. The Bertz CT molecular complexity index is 3400. The number of benzene rings is 8. The van der Waals surface area contributed by atoms with Gasteiger partial charge in [0.15, 0.2) is 0 Å². The molecule has 0 atom stereocenters. The maximum Gasteiger partial charge on any atom is 1.00 e. The second-order valence-corrected chi connectivity index (χ2v) is 22.2. The van der Waals surface area contributed by atoms with Gasteiger partial charge in [-0.25, -0.2) is 0 Å². The van der Waals surface area contributed by atoms with Crippen molar-refractivity contribution in [3.05, 3.63) is 267 Å². The number of aromatic nitrogens is 2.